The van der Waals surface area contributed by atoms with Gasteiger partial charge in [-0.25, -0.2) is 0 Å². The molecule has 124 valence electrons. The molecule has 2 aromatic rings. The minimum atomic E-state index is -4.44. The fraction of sp³-hybridized carbons (Fsp3) is 0.125. The molecule has 2 aromatic carbocycles. The molecule has 0 radical (unpaired) electrons. The smallest absolute Gasteiger partial charge is 0.416 e. The molecule has 0 saturated carbocycles. The fourth-order valence-corrected chi connectivity index (χ4v) is 2.23. The van der Waals surface area contributed by atoms with E-state index in [1.165, 1.54) is 18.2 Å². The predicted octanol–water partition coefficient (Wildman–Crippen LogP) is 3.29. The van der Waals surface area contributed by atoms with Crippen molar-refractivity contribution < 1.29 is 27.5 Å². The van der Waals surface area contributed by atoms with Gasteiger partial charge in [-0.15, -0.1) is 0 Å². The van der Waals surface area contributed by atoms with E-state index in [-0.39, 0.29) is 29.5 Å². The minimum absolute atomic E-state index is 0.174. The molecule has 0 saturated heterocycles. The lowest BCUT2D eigenvalue weighted by atomic mass is 10.1. The van der Waals surface area contributed by atoms with Gasteiger partial charge in [-0.2, -0.15) is 13.2 Å². The number of ether oxygens (including phenoxy) is 1. The zero-order valence-corrected chi connectivity index (χ0v) is 12.1. The van der Waals surface area contributed by atoms with Crippen LogP contribution >= 0.6 is 0 Å². The first-order chi connectivity index (χ1) is 11.3. The zero-order valence-electron chi connectivity index (χ0n) is 12.1. The lowest BCUT2D eigenvalue weighted by molar-refractivity contribution is -0.137. The SMILES string of the molecule is O=C1COc2c(cccc2C(=O)Nc2ccc(C(F)(F)F)cc2)N1. The van der Waals surface area contributed by atoms with Gasteiger partial charge in [0.25, 0.3) is 11.8 Å². The van der Waals surface area contributed by atoms with Gasteiger partial charge >= 0.3 is 6.18 Å². The first kappa shape index (κ1) is 15.9. The van der Waals surface area contributed by atoms with Crippen molar-refractivity contribution in [3.05, 3.63) is 53.6 Å². The molecule has 0 aromatic heterocycles. The maximum atomic E-state index is 12.5. The average Bonchev–Trinajstić information content (AvgIpc) is 2.53. The number of carbonyl (C=O) groups excluding carboxylic acids is 2. The summed E-state index contributed by atoms with van der Waals surface area (Å²) in [5, 5.41) is 5.07. The summed E-state index contributed by atoms with van der Waals surface area (Å²) in [4.78, 5) is 23.6. The van der Waals surface area contributed by atoms with Crippen LogP contribution in [0.1, 0.15) is 15.9 Å². The molecule has 24 heavy (non-hydrogen) atoms. The van der Waals surface area contributed by atoms with Crippen LogP contribution in [-0.4, -0.2) is 18.4 Å². The first-order valence-electron chi connectivity index (χ1n) is 6.89. The molecule has 3 rings (SSSR count). The van der Waals surface area contributed by atoms with Crippen molar-refractivity contribution in [3.63, 3.8) is 0 Å². The van der Waals surface area contributed by atoms with Crippen molar-refractivity contribution in [2.24, 2.45) is 0 Å². The van der Waals surface area contributed by atoms with Crippen LogP contribution in [0.15, 0.2) is 42.5 Å². The minimum Gasteiger partial charge on any atom is -0.481 e. The Kier molecular flexibility index (Phi) is 3.88. The molecular weight excluding hydrogens is 325 g/mol. The number of halogens is 3. The molecule has 0 spiro atoms. The fourth-order valence-electron chi connectivity index (χ4n) is 2.23. The number of rotatable bonds is 2. The number of hydrogen-bond acceptors (Lipinski definition) is 3. The molecule has 1 aliphatic rings. The molecule has 1 aliphatic heterocycles. The lowest BCUT2D eigenvalue weighted by Crippen LogP contribution is -2.27. The topological polar surface area (TPSA) is 67.4 Å². The van der Waals surface area contributed by atoms with Crippen LogP contribution in [0.2, 0.25) is 0 Å². The molecule has 0 atom stereocenters. The van der Waals surface area contributed by atoms with Crippen LogP contribution in [0.5, 0.6) is 5.75 Å². The number of anilines is 2. The van der Waals surface area contributed by atoms with Crippen LogP contribution in [0.25, 0.3) is 0 Å². The number of carbonyl (C=O) groups is 2. The largest absolute Gasteiger partial charge is 0.481 e. The second-order valence-electron chi connectivity index (χ2n) is 5.05. The van der Waals surface area contributed by atoms with E-state index >= 15 is 0 Å². The molecule has 0 bridgehead atoms. The van der Waals surface area contributed by atoms with E-state index in [9.17, 15) is 22.8 Å². The summed E-state index contributed by atoms with van der Waals surface area (Å²) in [6.07, 6.45) is -4.44. The summed E-state index contributed by atoms with van der Waals surface area (Å²) in [6, 6.07) is 8.74. The van der Waals surface area contributed by atoms with Gasteiger partial charge in [0.15, 0.2) is 12.4 Å². The Morgan fingerprint density at radius 2 is 1.83 bits per heavy atom. The monoisotopic (exact) mass is 336 g/mol. The van der Waals surface area contributed by atoms with E-state index in [0.29, 0.717) is 5.69 Å². The highest BCUT2D eigenvalue weighted by Gasteiger charge is 2.30. The second kappa shape index (κ2) is 5.88. The van der Waals surface area contributed by atoms with E-state index < -0.39 is 17.6 Å². The molecule has 0 fully saturated rings. The summed E-state index contributed by atoms with van der Waals surface area (Å²) >= 11 is 0. The Bertz CT molecular complexity index is 801. The molecular formula is C16H11F3N2O3. The quantitative estimate of drug-likeness (QED) is 0.884. The van der Waals surface area contributed by atoms with Crippen molar-refractivity contribution >= 4 is 23.2 Å². The Labute approximate surface area is 134 Å². The predicted molar refractivity (Wildman–Crippen MR) is 80.0 cm³/mol. The molecule has 2 amide bonds. The summed E-state index contributed by atoms with van der Waals surface area (Å²) in [7, 11) is 0. The first-order valence-corrected chi connectivity index (χ1v) is 6.89. The number of alkyl halides is 3. The lowest BCUT2D eigenvalue weighted by Gasteiger charge is -2.20. The second-order valence-corrected chi connectivity index (χ2v) is 5.05. The van der Waals surface area contributed by atoms with Gasteiger partial charge in [0, 0.05) is 5.69 Å². The summed E-state index contributed by atoms with van der Waals surface area (Å²) < 4.78 is 42.9. The molecule has 1 heterocycles. The van der Waals surface area contributed by atoms with Gasteiger partial charge in [-0.3, -0.25) is 9.59 Å². The zero-order chi connectivity index (χ0) is 17.3. The summed E-state index contributed by atoms with van der Waals surface area (Å²) in [5.41, 5.74) is -0.0483. The molecule has 0 aliphatic carbocycles. The maximum Gasteiger partial charge on any atom is 0.416 e. The standard InChI is InChI=1S/C16H11F3N2O3/c17-16(18,19)9-4-6-10(7-5-9)20-15(23)11-2-1-3-12-14(11)24-8-13(22)21-12/h1-7H,8H2,(H,20,23)(H,21,22). The Balaban J connectivity index is 1.81. The number of hydrogen-bond donors (Lipinski definition) is 2. The van der Waals surface area contributed by atoms with Gasteiger partial charge < -0.3 is 15.4 Å². The molecule has 8 heteroatoms. The number of para-hydroxylation sites is 1. The van der Waals surface area contributed by atoms with E-state index in [4.69, 9.17) is 4.74 Å². The van der Waals surface area contributed by atoms with Gasteiger partial charge in [-0.05, 0) is 36.4 Å². The van der Waals surface area contributed by atoms with Gasteiger partial charge in [0.05, 0.1) is 16.8 Å². The third-order valence-corrected chi connectivity index (χ3v) is 3.35. The van der Waals surface area contributed by atoms with Crippen molar-refractivity contribution in [1.82, 2.24) is 0 Å². The molecule has 2 N–H and O–H groups in total. The Hall–Kier alpha value is -3.03. The van der Waals surface area contributed by atoms with E-state index in [1.54, 1.807) is 12.1 Å². The van der Waals surface area contributed by atoms with Crippen molar-refractivity contribution in [2.45, 2.75) is 6.18 Å². The van der Waals surface area contributed by atoms with E-state index in [1.807, 2.05) is 0 Å². The maximum absolute atomic E-state index is 12.5. The molecule has 5 nitrogen and oxygen atoms in total. The van der Waals surface area contributed by atoms with Crippen LogP contribution < -0.4 is 15.4 Å². The van der Waals surface area contributed by atoms with E-state index in [0.717, 1.165) is 12.1 Å². The average molecular weight is 336 g/mol. The highest BCUT2D eigenvalue weighted by atomic mass is 19.4. The van der Waals surface area contributed by atoms with Crippen LogP contribution in [0.4, 0.5) is 24.5 Å². The third-order valence-electron chi connectivity index (χ3n) is 3.35. The normalized spacial score (nSPS) is 13.5. The summed E-state index contributed by atoms with van der Waals surface area (Å²) in [5.74, 6) is -0.660. The van der Waals surface area contributed by atoms with Crippen molar-refractivity contribution in [1.29, 1.82) is 0 Å². The van der Waals surface area contributed by atoms with Crippen LogP contribution in [0.3, 0.4) is 0 Å². The number of amides is 2. The van der Waals surface area contributed by atoms with Gasteiger partial charge in [0.1, 0.15) is 0 Å². The number of fused-ring (bicyclic) bond motifs is 1. The van der Waals surface area contributed by atoms with E-state index in [2.05, 4.69) is 10.6 Å². The summed E-state index contributed by atoms with van der Waals surface area (Å²) in [6.45, 7) is -0.211. The number of nitrogens with one attached hydrogen (secondary N) is 2. The number of benzene rings is 2. The highest BCUT2D eigenvalue weighted by molar-refractivity contribution is 6.09. The van der Waals surface area contributed by atoms with Crippen molar-refractivity contribution in [2.75, 3.05) is 17.2 Å². The van der Waals surface area contributed by atoms with Crippen LogP contribution in [0, 0.1) is 0 Å². The highest BCUT2D eigenvalue weighted by Crippen LogP contribution is 2.33. The van der Waals surface area contributed by atoms with Gasteiger partial charge in [0.2, 0.25) is 0 Å². The van der Waals surface area contributed by atoms with Gasteiger partial charge in [-0.1, -0.05) is 6.07 Å². The third kappa shape index (κ3) is 3.17. The van der Waals surface area contributed by atoms with Crippen molar-refractivity contribution in [3.8, 4) is 5.75 Å². The van der Waals surface area contributed by atoms with Crippen LogP contribution in [-0.2, 0) is 11.0 Å². The molecule has 0 unspecified atom stereocenters. The Morgan fingerprint density at radius 3 is 2.50 bits per heavy atom. The Morgan fingerprint density at radius 1 is 1.12 bits per heavy atom.